The number of nitrogens with zero attached hydrogens (tertiary/aromatic N) is 4. The molecule has 0 aliphatic heterocycles. The summed E-state index contributed by atoms with van der Waals surface area (Å²) in [7, 11) is 0. The fourth-order valence-corrected chi connectivity index (χ4v) is 6.68. The van der Waals surface area contributed by atoms with Crippen molar-refractivity contribution in [2.75, 3.05) is 0 Å². The van der Waals surface area contributed by atoms with E-state index in [1.807, 2.05) is 30.5 Å². The molecule has 0 spiro atoms. The first-order valence-electron chi connectivity index (χ1n) is 12.5. The number of hydrogen-bond acceptors (Lipinski definition) is 7. The molecular weight excluding hydrogens is 514 g/mol. The number of carbonyl (C=O) groups excluding carboxylic acids is 2. The molecule has 1 aromatic carbocycles. The van der Waals surface area contributed by atoms with Crippen LogP contribution in [0, 0.1) is 12.8 Å². The molecule has 2 aliphatic carbocycles. The number of hydrogen-bond donors (Lipinski definition) is 1. The molecule has 0 bridgehead atoms. The minimum Gasteiger partial charge on any atom is -1.00 e. The number of aryl methyl sites for hydroxylation is 1. The van der Waals surface area contributed by atoms with Gasteiger partial charge in [-0.3, -0.25) is 14.2 Å². The first-order valence-corrected chi connectivity index (χ1v) is 14.3. The van der Waals surface area contributed by atoms with Crippen molar-refractivity contribution in [2.45, 2.75) is 81.8 Å². The fourth-order valence-electron chi connectivity index (χ4n) is 4.84. The van der Waals surface area contributed by atoms with Crippen LogP contribution in [0.3, 0.4) is 0 Å². The van der Waals surface area contributed by atoms with Crippen LogP contribution in [0.25, 0.3) is 0 Å². The van der Waals surface area contributed by atoms with Crippen LogP contribution in [-0.4, -0.2) is 31.3 Å². The highest BCUT2D eigenvalue weighted by atomic mass is 35.5. The highest BCUT2D eigenvalue weighted by Gasteiger charge is 2.30. The van der Waals surface area contributed by atoms with E-state index >= 15 is 0 Å². The standard InChI is InChI=1S/C26H31N5O2S2.ClH/c1-16-6-7-18(22(10-16)25(33)17-4-2-3-5-17)11-21(32)12-24-28-19(14-34-24)15-35-26-30-29-23(13-27)31(26)20-8-9-20;/h6-7,10,14,17,20H,2-5,8-9,11-13,15,27H2,1H3;1H. The van der Waals surface area contributed by atoms with E-state index < -0.39 is 0 Å². The maximum atomic E-state index is 13.1. The molecule has 0 unspecified atom stereocenters. The Morgan fingerprint density at radius 3 is 2.64 bits per heavy atom. The predicted octanol–water partition coefficient (Wildman–Crippen LogP) is 1.14. The minimum atomic E-state index is 0. The lowest BCUT2D eigenvalue weighted by Crippen LogP contribution is -3.00. The summed E-state index contributed by atoms with van der Waals surface area (Å²) >= 11 is 3.17. The molecule has 0 radical (unpaired) electrons. The van der Waals surface area contributed by atoms with Gasteiger partial charge in [0, 0.05) is 35.1 Å². The van der Waals surface area contributed by atoms with Gasteiger partial charge in [0.05, 0.1) is 12.1 Å². The Bertz CT molecular complexity index is 1230. The quantitative estimate of drug-likeness (QED) is 0.286. The van der Waals surface area contributed by atoms with Crippen LogP contribution in [0.5, 0.6) is 0 Å². The third-order valence-corrected chi connectivity index (χ3v) is 8.69. The first-order chi connectivity index (χ1) is 17.0. The topological polar surface area (TPSA) is 105 Å². The van der Waals surface area contributed by atoms with Crippen molar-refractivity contribution in [3.63, 3.8) is 0 Å². The molecule has 5 rings (SSSR count). The third-order valence-electron chi connectivity index (χ3n) is 6.81. The number of rotatable bonds is 11. The summed E-state index contributed by atoms with van der Waals surface area (Å²) in [6.45, 7) is 2.64. The molecule has 0 atom stereocenters. The van der Waals surface area contributed by atoms with Crippen molar-refractivity contribution in [2.24, 2.45) is 5.92 Å². The summed E-state index contributed by atoms with van der Waals surface area (Å²) in [5.41, 5.74) is 7.57. The largest absolute Gasteiger partial charge is 1.00 e. The van der Waals surface area contributed by atoms with E-state index in [1.54, 1.807) is 11.8 Å². The van der Waals surface area contributed by atoms with Crippen molar-refractivity contribution in [3.05, 3.63) is 56.8 Å². The number of thiazole rings is 1. The number of quaternary nitrogens is 1. The van der Waals surface area contributed by atoms with E-state index in [-0.39, 0.29) is 36.3 Å². The number of benzene rings is 1. The van der Waals surface area contributed by atoms with Gasteiger partial charge in [0.2, 0.25) is 0 Å². The maximum Gasteiger partial charge on any atom is 0.192 e. The van der Waals surface area contributed by atoms with Crippen LogP contribution in [0.4, 0.5) is 0 Å². The number of halogens is 1. The monoisotopic (exact) mass is 545 g/mol. The Morgan fingerprint density at radius 1 is 1.14 bits per heavy atom. The molecule has 2 heterocycles. The van der Waals surface area contributed by atoms with Crippen molar-refractivity contribution in [1.82, 2.24) is 19.7 Å². The van der Waals surface area contributed by atoms with Gasteiger partial charge in [-0.2, -0.15) is 0 Å². The Labute approximate surface area is 226 Å². The lowest BCUT2D eigenvalue weighted by Gasteiger charge is -2.13. The van der Waals surface area contributed by atoms with Crippen LogP contribution >= 0.6 is 23.1 Å². The van der Waals surface area contributed by atoms with Crippen LogP contribution < -0.4 is 18.1 Å². The average molecular weight is 546 g/mol. The van der Waals surface area contributed by atoms with Crippen molar-refractivity contribution < 1.29 is 27.7 Å². The van der Waals surface area contributed by atoms with Crippen LogP contribution in [0.1, 0.15) is 82.6 Å². The van der Waals surface area contributed by atoms with Gasteiger partial charge in [-0.1, -0.05) is 42.3 Å². The average Bonchev–Trinajstić information content (AvgIpc) is 3.24. The van der Waals surface area contributed by atoms with Gasteiger partial charge in [0.1, 0.15) is 17.3 Å². The molecule has 2 aromatic heterocycles. The number of Topliss-reactive ketones (excluding diaryl/α,β-unsaturated/α-hetero) is 2. The summed E-state index contributed by atoms with van der Waals surface area (Å²) in [5.74, 6) is 2.06. The van der Waals surface area contributed by atoms with E-state index in [1.165, 1.54) is 24.2 Å². The van der Waals surface area contributed by atoms with Crippen molar-refractivity contribution >= 4 is 34.7 Å². The minimum absolute atomic E-state index is 0. The smallest absolute Gasteiger partial charge is 0.192 e. The molecule has 3 N–H and O–H groups in total. The summed E-state index contributed by atoms with van der Waals surface area (Å²) < 4.78 is 2.22. The van der Waals surface area contributed by atoms with Gasteiger partial charge in [-0.25, -0.2) is 4.98 Å². The predicted molar refractivity (Wildman–Crippen MR) is 136 cm³/mol. The van der Waals surface area contributed by atoms with Crippen molar-refractivity contribution in [1.29, 1.82) is 0 Å². The molecule has 0 saturated heterocycles. The number of ketones is 2. The summed E-state index contributed by atoms with van der Waals surface area (Å²) in [4.78, 5) is 30.7. The molecule has 2 fully saturated rings. The maximum absolute atomic E-state index is 13.1. The van der Waals surface area contributed by atoms with Gasteiger partial charge in [0.25, 0.3) is 0 Å². The highest BCUT2D eigenvalue weighted by molar-refractivity contribution is 7.98. The van der Waals surface area contributed by atoms with Crippen molar-refractivity contribution in [3.8, 4) is 0 Å². The second-order valence-electron chi connectivity index (χ2n) is 9.67. The number of thioether (sulfide) groups is 1. The second-order valence-corrected chi connectivity index (χ2v) is 11.6. The molecule has 192 valence electrons. The van der Waals surface area contributed by atoms with E-state index in [2.05, 4.69) is 20.5 Å². The fraction of sp³-hybridized carbons (Fsp3) is 0.500. The highest BCUT2D eigenvalue weighted by Crippen LogP contribution is 2.39. The van der Waals surface area contributed by atoms with Crippen LogP contribution in [-0.2, 0) is 29.9 Å². The lowest BCUT2D eigenvalue weighted by molar-refractivity contribution is -0.389. The van der Waals surface area contributed by atoms with Crippen LogP contribution in [0.15, 0.2) is 28.7 Å². The zero-order valence-corrected chi connectivity index (χ0v) is 22.9. The SMILES string of the molecule is Cc1ccc(CC(=O)Cc2nc(CSc3nnc(C[NH3+])n3C3CC3)cs2)c(C(=O)C2CCCC2)c1.[Cl-]. The van der Waals surface area contributed by atoms with Gasteiger partial charge < -0.3 is 18.1 Å². The zero-order valence-electron chi connectivity index (χ0n) is 20.5. The molecule has 2 aliphatic rings. The van der Waals surface area contributed by atoms with E-state index in [0.717, 1.165) is 64.1 Å². The Hall–Kier alpha value is -2.07. The Kier molecular flexibility index (Phi) is 8.98. The van der Waals surface area contributed by atoms with Gasteiger partial charge in [-0.15, -0.1) is 21.5 Å². The zero-order chi connectivity index (χ0) is 24.4. The molecule has 3 aromatic rings. The summed E-state index contributed by atoms with van der Waals surface area (Å²) in [6.07, 6.45) is 7.10. The summed E-state index contributed by atoms with van der Waals surface area (Å²) in [5, 5.41) is 12.4. The third kappa shape index (κ3) is 6.25. The number of aromatic nitrogens is 4. The van der Waals surface area contributed by atoms with Gasteiger partial charge in [0.15, 0.2) is 16.8 Å². The molecule has 7 nitrogen and oxygen atoms in total. The lowest BCUT2D eigenvalue weighted by atomic mass is 9.90. The second kappa shape index (κ2) is 12.0. The van der Waals surface area contributed by atoms with Gasteiger partial charge >= 0.3 is 0 Å². The Balaban J connectivity index is 0.00000304. The van der Waals surface area contributed by atoms with E-state index in [0.29, 0.717) is 24.8 Å². The van der Waals surface area contributed by atoms with E-state index in [4.69, 9.17) is 4.98 Å². The van der Waals surface area contributed by atoms with Gasteiger partial charge in [-0.05, 0) is 44.2 Å². The first kappa shape index (κ1) is 27.0. The molecule has 0 amide bonds. The van der Waals surface area contributed by atoms with E-state index in [9.17, 15) is 9.59 Å². The molecule has 36 heavy (non-hydrogen) atoms. The Morgan fingerprint density at radius 2 is 1.92 bits per heavy atom. The molecule has 10 heteroatoms. The van der Waals surface area contributed by atoms with Crippen LogP contribution in [0.2, 0.25) is 0 Å². The normalized spacial score (nSPS) is 15.7. The number of carbonyl (C=O) groups is 2. The molecule has 2 saturated carbocycles. The molecular formula is C26H32ClN5O2S2. The summed E-state index contributed by atoms with van der Waals surface area (Å²) in [6, 6.07) is 6.42.